The van der Waals surface area contributed by atoms with E-state index >= 15 is 0 Å². The van der Waals surface area contributed by atoms with Crippen LogP contribution in [0.4, 0.5) is 5.13 Å². The molecule has 0 saturated carbocycles. The molecular formula is C18H17N3O3S. The van der Waals surface area contributed by atoms with Crippen LogP contribution in [-0.2, 0) is 16.0 Å². The van der Waals surface area contributed by atoms with Gasteiger partial charge < -0.3 is 15.0 Å². The third kappa shape index (κ3) is 4.33. The quantitative estimate of drug-likeness (QED) is 0.663. The summed E-state index contributed by atoms with van der Waals surface area (Å²) in [7, 11) is 1.33. The lowest BCUT2D eigenvalue weighted by Crippen LogP contribution is -2.12. The lowest BCUT2D eigenvalue weighted by atomic mass is 10.1. The molecule has 0 radical (unpaired) electrons. The number of H-pyrrole nitrogens is 1. The van der Waals surface area contributed by atoms with Crippen LogP contribution in [-0.4, -0.2) is 29.0 Å². The summed E-state index contributed by atoms with van der Waals surface area (Å²) in [6.07, 6.45) is 2.77. The van der Waals surface area contributed by atoms with Gasteiger partial charge in [0.2, 0.25) is 5.91 Å². The van der Waals surface area contributed by atoms with Crippen LogP contribution >= 0.6 is 11.3 Å². The van der Waals surface area contributed by atoms with Gasteiger partial charge in [-0.05, 0) is 18.1 Å². The number of anilines is 1. The molecular weight excluding hydrogens is 338 g/mol. The number of thiazole rings is 1. The molecule has 7 heteroatoms. The second kappa shape index (κ2) is 7.76. The van der Waals surface area contributed by atoms with Crippen molar-refractivity contribution in [3.8, 4) is 11.3 Å². The van der Waals surface area contributed by atoms with Gasteiger partial charge in [0.1, 0.15) is 5.69 Å². The van der Waals surface area contributed by atoms with Crippen molar-refractivity contribution in [2.45, 2.75) is 12.8 Å². The Morgan fingerprint density at radius 2 is 2.08 bits per heavy atom. The number of hydrogen-bond acceptors (Lipinski definition) is 5. The van der Waals surface area contributed by atoms with Gasteiger partial charge in [-0.25, -0.2) is 9.78 Å². The minimum absolute atomic E-state index is 0.0749. The van der Waals surface area contributed by atoms with E-state index in [2.05, 4.69) is 20.0 Å². The number of nitrogens with one attached hydrogen (secondary N) is 2. The van der Waals surface area contributed by atoms with Gasteiger partial charge in [0.15, 0.2) is 5.13 Å². The number of nitrogens with zero attached hydrogens (tertiary/aromatic N) is 1. The third-order valence-electron chi connectivity index (χ3n) is 3.62. The molecule has 0 fully saturated rings. The van der Waals surface area contributed by atoms with Crippen LogP contribution in [0.2, 0.25) is 0 Å². The van der Waals surface area contributed by atoms with Gasteiger partial charge in [-0.1, -0.05) is 30.3 Å². The monoisotopic (exact) mass is 355 g/mol. The minimum atomic E-state index is -0.434. The predicted octanol–water partition coefficient (Wildman–Crippen LogP) is 3.50. The number of aromatic amines is 1. The second-order valence-corrected chi connectivity index (χ2v) is 6.22. The van der Waals surface area contributed by atoms with E-state index in [0.29, 0.717) is 29.4 Å². The zero-order valence-electron chi connectivity index (χ0n) is 13.6. The molecule has 128 valence electrons. The van der Waals surface area contributed by atoms with E-state index in [0.717, 1.165) is 11.1 Å². The van der Waals surface area contributed by atoms with Crippen molar-refractivity contribution >= 4 is 28.3 Å². The summed E-state index contributed by atoms with van der Waals surface area (Å²) in [5, 5.41) is 5.18. The first-order valence-electron chi connectivity index (χ1n) is 7.72. The molecule has 6 nitrogen and oxygen atoms in total. The smallest absolute Gasteiger partial charge is 0.354 e. The number of carbonyl (C=O) groups is 2. The summed E-state index contributed by atoms with van der Waals surface area (Å²) in [5.41, 5.74) is 2.94. The highest BCUT2D eigenvalue weighted by Gasteiger charge is 2.12. The van der Waals surface area contributed by atoms with Crippen LogP contribution in [0, 0.1) is 0 Å². The summed E-state index contributed by atoms with van der Waals surface area (Å²) >= 11 is 1.34. The molecule has 0 aliphatic carbocycles. The van der Waals surface area contributed by atoms with E-state index in [9.17, 15) is 9.59 Å². The van der Waals surface area contributed by atoms with Gasteiger partial charge in [0.25, 0.3) is 0 Å². The van der Waals surface area contributed by atoms with E-state index in [1.54, 1.807) is 12.3 Å². The zero-order chi connectivity index (χ0) is 17.6. The first-order chi connectivity index (χ1) is 12.2. The van der Waals surface area contributed by atoms with Gasteiger partial charge in [0.05, 0.1) is 12.8 Å². The molecule has 0 spiro atoms. The molecule has 3 aromatic rings. The molecule has 0 saturated heterocycles. The number of hydrogen-bond donors (Lipinski definition) is 2. The molecule has 0 unspecified atom stereocenters. The van der Waals surface area contributed by atoms with Crippen LogP contribution in [0.25, 0.3) is 11.3 Å². The normalized spacial score (nSPS) is 10.4. The van der Waals surface area contributed by atoms with E-state index in [4.69, 9.17) is 0 Å². The Morgan fingerprint density at radius 3 is 2.84 bits per heavy atom. The number of methoxy groups -OCH3 is 1. The first kappa shape index (κ1) is 16.9. The van der Waals surface area contributed by atoms with Crippen LogP contribution in [0.5, 0.6) is 0 Å². The zero-order valence-corrected chi connectivity index (χ0v) is 14.4. The van der Waals surface area contributed by atoms with E-state index in [1.165, 1.54) is 18.4 Å². The molecule has 2 heterocycles. The average molecular weight is 355 g/mol. The molecule has 1 amide bonds. The number of rotatable bonds is 6. The summed E-state index contributed by atoms with van der Waals surface area (Å²) < 4.78 is 4.66. The Labute approximate surface area is 148 Å². The Morgan fingerprint density at radius 1 is 1.28 bits per heavy atom. The minimum Gasteiger partial charge on any atom is -0.464 e. The van der Waals surface area contributed by atoms with E-state index in [1.807, 2.05) is 35.7 Å². The molecule has 25 heavy (non-hydrogen) atoms. The van der Waals surface area contributed by atoms with Gasteiger partial charge in [-0.3, -0.25) is 4.79 Å². The topological polar surface area (TPSA) is 84.1 Å². The Kier molecular flexibility index (Phi) is 5.25. The molecule has 2 aromatic heterocycles. The van der Waals surface area contributed by atoms with E-state index < -0.39 is 5.97 Å². The standard InChI is InChI=1S/C18H17N3O3S/c1-24-17(23)14-9-13(10-19-14)15-11-25-18(20-15)21-16(22)8-7-12-5-3-2-4-6-12/h2-6,9-11,19H,7-8H2,1H3,(H,20,21,22). The number of aromatic nitrogens is 2. The fourth-order valence-electron chi connectivity index (χ4n) is 2.32. The van der Waals surface area contributed by atoms with Gasteiger partial charge in [0, 0.05) is 23.6 Å². The largest absolute Gasteiger partial charge is 0.464 e. The second-order valence-electron chi connectivity index (χ2n) is 5.37. The van der Waals surface area contributed by atoms with Crippen molar-refractivity contribution < 1.29 is 14.3 Å². The van der Waals surface area contributed by atoms with Crippen molar-refractivity contribution in [2.24, 2.45) is 0 Å². The SMILES string of the molecule is COC(=O)c1cc(-c2csc(NC(=O)CCc3ccccc3)n2)c[nH]1. The maximum absolute atomic E-state index is 12.1. The summed E-state index contributed by atoms with van der Waals surface area (Å²) in [5.74, 6) is -0.509. The van der Waals surface area contributed by atoms with Crippen LogP contribution in [0.3, 0.4) is 0 Å². The maximum atomic E-state index is 12.1. The Hall–Kier alpha value is -2.93. The number of esters is 1. The van der Waals surface area contributed by atoms with Crippen molar-refractivity contribution in [1.82, 2.24) is 9.97 Å². The van der Waals surface area contributed by atoms with Crippen molar-refractivity contribution in [2.75, 3.05) is 12.4 Å². The average Bonchev–Trinajstić information content (AvgIpc) is 3.29. The predicted molar refractivity (Wildman–Crippen MR) is 96.6 cm³/mol. The van der Waals surface area contributed by atoms with Crippen LogP contribution in [0.1, 0.15) is 22.5 Å². The van der Waals surface area contributed by atoms with Gasteiger partial charge in [-0.2, -0.15) is 0 Å². The third-order valence-corrected chi connectivity index (χ3v) is 4.38. The number of benzene rings is 1. The van der Waals surface area contributed by atoms with Gasteiger partial charge in [-0.15, -0.1) is 11.3 Å². The number of amides is 1. The highest BCUT2D eigenvalue weighted by molar-refractivity contribution is 7.14. The number of carbonyl (C=O) groups excluding carboxylic acids is 2. The molecule has 3 rings (SSSR count). The Balaban J connectivity index is 1.58. The first-order valence-corrected chi connectivity index (χ1v) is 8.60. The number of aryl methyl sites for hydroxylation is 1. The van der Waals surface area contributed by atoms with Crippen LogP contribution < -0.4 is 5.32 Å². The molecule has 0 aliphatic rings. The van der Waals surface area contributed by atoms with Crippen molar-refractivity contribution in [1.29, 1.82) is 0 Å². The van der Waals surface area contributed by atoms with Crippen molar-refractivity contribution in [3.05, 3.63) is 59.2 Å². The summed E-state index contributed by atoms with van der Waals surface area (Å²) in [6.45, 7) is 0. The van der Waals surface area contributed by atoms with E-state index in [-0.39, 0.29) is 5.91 Å². The summed E-state index contributed by atoms with van der Waals surface area (Å²) in [6, 6.07) is 11.5. The molecule has 0 bridgehead atoms. The molecule has 1 aromatic carbocycles. The fraction of sp³-hybridized carbons (Fsp3) is 0.167. The van der Waals surface area contributed by atoms with Crippen LogP contribution in [0.15, 0.2) is 48.0 Å². The lowest BCUT2D eigenvalue weighted by molar-refractivity contribution is -0.116. The molecule has 0 aliphatic heterocycles. The fourth-order valence-corrected chi connectivity index (χ4v) is 3.05. The molecule has 0 atom stereocenters. The highest BCUT2D eigenvalue weighted by atomic mass is 32.1. The lowest BCUT2D eigenvalue weighted by Gasteiger charge is -2.02. The summed E-state index contributed by atoms with van der Waals surface area (Å²) in [4.78, 5) is 30.8. The van der Waals surface area contributed by atoms with Gasteiger partial charge >= 0.3 is 5.97 Å². The highest BCUT2D eigenvalue weighted by Crippen LogP contribution is 2.25. The van der Waals surface area contributed by atoms with Crippen molar-refractivity contribution in [3.63, 3.8) is 0 Å². The molecule has 2 N–H and O–H groups in total. The maximum Gasteiger partial charge on any atom is 0.354 e. The Bertz CT molecular complexity index is 871. The number of ether oxygens (including phenoxy) is 1.